The zero-order valence-corrected chi connectivity index (χ0v) is 22.3. The van der Waals surface area contributed by atoms with Gasteiger partial charge in [0.05, 0.1) is 20.8 Å². The lowest BCUT2D eigenvalue weighted by atomic mass is 9.76. The summed E-state index contributed by atoms with van der Waals surface area (Å²) in [5.41, 5.74) is 0.0790. The molecule has 1 fully saturated rings. The topological polar surface area (TPSA) is 78.4 Å². The van der Waals surface area contributed by atoms with Crippen molar-refractivity contribution in [2.45, 2.75) is 46.3 Å². The van der Waals surface area contributed by atoms with E-state index in [1.165, 1.54) is 29.2 Å². The number of halogens is 3. The second kappa shape index (κ2) is 9.92. The standard InChI is InChI=1S/C26H30F3N5O2S/c1-15-17(7-6-8-19(15)26(27,28)29)14-30-23-18-13-20(37-21(18)16(2)31-32-23)22(35)25(3)9-11-34(12-10-25)24(36)33(4)5/h6-8,13H,9-12,14H2,1-5H3,(H,30,32). The van der Waals surface area contributed by atoms with Crippen molar-refractivity contribution in [2.24, 2.45) is 5.41 Å². The lowest BCUT2D eigenvalue weighted by Crippen LogP contribution is -2.48. The number of rotatable bonds is 5. The lowest BCUT2D eigenvalue weighted by molar-refractivity contribution is -0.138. The first kappa shape index (κ1) is 26.8. The molecule has 1 aliphatic heterocycles. The number of nitrogens with one attached hydrogen (secondary N) is 1. The Kier molecular flexibility index (Phi) is 7.20. The third kappa shape index (κ3) is 5.27. The van der Waals surface area contributed by atoms with Crippen molar-refractivity contribution in [3.63, 3.8) is 0 Å². The SMILES string of the molecule is Cc1c(CNc2nnc(C)c3sc(C(=O)C4(C)CCN(C(=O)N(C)C)CC4)cc23)cccc1C(F)(F)F. The molecule has 3 aromatic rings. The predicted molar refractivity (Wildman–Crippen MR) is 138 cm³/mol. The van der Waals surface area contributed by atoms with Gasteiger partial charge < -0.3 is 15.1 Å². The van der Waals surface area contributed by atoms with E-state index in [0.717, 1.165) is 10.8 Å². The third-order valence-electron chi connectivity index (χ3n) is 7.11. The van der Waals surface area contributed by atoms with Crippen LogP contribution in [0.3, 0.4) is 0 Å². The number of Topliss-reactive ketones (excluding diaryl/α,β-unsaturated/α-hetero) is 1. The van der Waals surface area contributed by atoms with Gasteiger partial charge in [-0.1, -0.05) is 19.1 Å². The Bertz CT molecular complexity index is 1340. The zero-order chi connectivity index (χ0) is 27.1. The molecule has 37 heavy (non-hydrogen) atoms. The Morgan fingerprint density at radius 3 is 2.46 bits per heavy atom. The van der Waals surface area contributed by atoms with Gasteiger partial charge in [0.2, 0.25) is 0 Å². The molecule has 198 valence electrons. The summed E-state index contributed by atoms with van der Waals surface area (Å²) >= 11 is 1.35. The maximum absolute atomic E-state index is 13.6. The normalized spacial score (nSPS) is 15.6. The fraction of sp³-hybridized carbons (Fsp3) is 0.462. The van der Waals surface area contributed by atoms with E-state index in [-0.39, 0.29) is 23.9 Å². The monoisotopic (exact) mass is 533 g/mol. The molecule has 0 bridgehead atoms. The second-order valence-electron chi connectivity index (χ2n) is 9.98. The van der Waals surface area contributed by atoms with Crippen LogP contribution in [-0.2, 0) is 12.7 Å². The summed E-state index contributed by atoms with van der Waals surface area (Å²) in [7, 11) is 3.42. The van der Waals surface area contributed by atoms with Gasteiger partial charge in [-0.25, -0.2) is 4.79 Å². The Hall–Kier alpha value is -3.21. The number of anilines is 1. The highest BCUT2D eigenvalue weighted by Crippen LogP contribution is 2.40. The van der Waals surface area contributed by atoms with E-state index in [2.05, 4.69) is 15.5 Å². The summed E-state index contributed by atoms with van der Waals surface area (Å²) in [4.78, 5) is 29.8. The molecule has 1 N–H and O–H groups in total. The molecular formula is C26H30F3N5O2S. The molecule has 0 unspecified atom stereocenters. The fourth-order valence-electron chi connectivity index (χ4n) is 4.66. The highest BCUT2D eigenvalue weighted by molar-refractivity contribution is 7.21. The number of aromatic nitrogens is 2. The number of nitrogens with zero attached hydrogens (tertiary/aromatic N) is 4. The van der Waals surface area contributed by atoms with Crippen LogP contribution in [0.25, 0.3) is 10.1 Å². The maximum Gasteiger partial charge on any atom is 0.416 e. The van der Waals surface area contributed by atoms with Gasteiger partial charge in [-0.05, 0) is 49.9 Å². The first-order valence-electron chi connectivity index (χ1n) is 12.0. The number of urea groups is 1. The van der Waals surface area contributed by atoms with E-state index in [1.807, 2.05) is 13.8 Å². The van der Waals surface area contributed by atoms with Crippen molar-refractivity contribution in [1.82, 2.24) is 20.0 Å². The van der Waals surface area contributed by atoms with Gasteiger partial charge in [0.25, 0.3) is 0 Å². The Balaban J connectivity index is 1.56. The van der Waals surface area contributed by atoms with Gasteiger partial charge in [0, 0.05) is 44.5 Å². The summed E-state index contributed by atoms with van der Waals surface area (Å²) in [5, 5.41) is 12.3. The number of amides is 2. The van der Waals surface area contributed by atoms with Crippen molar-refractivity contribution in [3.8, 4) is 0 Å². The van der Waals surface area contributed by atoms with Crippen LogP contribution in [0.1, 0.15) is 51.8 Å². The second-order valence-corrected chi connectivity index (χ2v) is 11.0. The minimum Gasteiger partial charge on any atom is -0.364 e. The number of fused-ring (bicyclic) bond motifs is 1. The molecule has 2 amide bonds. The molecule has 3 heterocycles. The van der Waals surface area contributed by atoms with Crippen LogP contribution in [0.4, 0.5) is 23.8 Å². The molecule has 4 rings (SSSR count). The van der Waals surface area contributed by atoms with E-state index in [4.69, 9.17) is 0 Å². The molecule has 1 saturated heterocycles. The summed E-state index contributed by atoms with van der Waals surface area (Å²) < 4.78 is 40.7. The number of carbonyl (C=O) groups excluding carboxylic acids is 2. The van der Waals surface area contributed by atoms with E-state index in [0.29, 0.717) is 53.3 Å². The minimum atomic E-state index is -4.42. The number of piperidine rings is 1. The first-order chi connectivity index (χ1) is 17.3. The number of carbonyl (C=O) groups is 2. The van der Waals surface area contributed by atoms with Crippen LogP contribution in [0.15, 0.2) is 24.3 Å². The number of hydrogen-bond donors (Lipinski definition) is 1. The third-order valence-corrected chi connectivity index (χ3v) is 8.35. The molecule has 0 aliphatic carbocycles. The van der Waals surface area contributed by atoms with Gasteiger partial charge in [-0.2, -0.15) is 18.3 Å². The van der Waals surface area contributed by atoms with Gasteiger partial charge in [-0.3, -0.25) is 4.79 Å². The first-order valence-corrected chi connectivity index (χ1v) is 12.8. The summed E-state index contributed by atoms with van der Waals surface area (Å²) in [6.45, 7) is 6.36. The van der Waals surface area contributed by atoms with Crippen molar-refractivity contribution >= 4 is 39.1 Å². The van der Waals surface area contributed by atoms with E-state index < -0.39 is 17.2 Å². The highest BCUT2D eigenvalue weighted by atomic mass is 32.1. The predicted octanol–water partition coefficient (Wildman–Crippen LogP) is 5.91. The number of benzene rings is 1. The van der Waals surface area contributed by atoms with Crippen molar-refractivity contribution in [1.29, 1.82) is 0 Å². The number of ketones is 1. The van der Waals surface area contributed by atoms with Gasteiger partial charge in [0.15, 0.2) is 11.6 Å². The molecule has 0 atom stereocenters. The molecule has 1 aromatic carbocycles. The molecule has 1 aliphatic rings. The minimum absolute atomic E-state index is 0.0183. The van der Waals surface area contributed by atoms with Crippen LogP contribution >= 0.6 is 11.3 Å². The Labute approximate surface area is 217 Å². The largest absolute Gasteiger partial charge is 0.416 e. The zero-order valence-electron chi connectivity index (χ0n) is 21.5. The average molecular weight is 534 g/mol. The Morgan fingerprint density at radius 2 is 1.84 bits per heavy atom. The van der Waals surface area contributed by atoms with E-state index >= 15 is 0 Å². The van der Waals surface area contributed by atoms with Crippen LogP contribution in [0.2, 0.25) is 0 Å². The van der Waals surface area contributed by atoms with Gasteiger partial charge >= 0.3 is 12.2 Å². The Morgan fingerprint density at radius 1 is 1.16 bits per heavy atom. The maximum atomic E-state index is 13.6. The molecule has 11 heteroatoms. The van der Waals surface area contributed by atoms with Crippen LogP contribution in [-0.4, -0.2) is 59.0 Å². The van der Waals surface area contributed by atoms with Crippen LogP contribution < -0.4 is 5.32 Å². The van der Waals surface area contributed by atoms with Gasteiger partial charge in [-0.15, -0.1) is 16.4 Å². The van der Waals surface area contributed by atoms with E-state index in [1.54, 1.807) is 31.1 Å². The molecule has 2 aromatic heterocycles. The highest BCUT2D eigenvalue weighted by Gasteiger charge is 2.39. The number of alkyl halides is 3. The van der Waals surface area contributed by atoms with Crippen molar-refractivity contribution < 1.29 is 22.8 Å². The number of hydrogen-bond acceptors (Lipinski definition) is 6. The van der Waals surface area contributed by atoms with Crippen LogP contribution in [0.5, 0.6) is 0 Å². The summed E-state index contributed by atoms with van der Waals surface area (Å²) in [5.74, 6) is 0.439. The quantitative estimate of drug-likeness (QED) is 0.413. The van der Waals surface area contributed by atoms with Gasteiger partial charge in [0.1, 0.15) is 0 Å². The van der Waals surface area contributed by atoms with Crippen LogP contribution in [0, 0.1) is 19.3 Å². The van der Waals surface area contributed by atoms with Crippen molar-refractivity contribution in [2.75, 3.05) is 32.5 Å². The molecule has 0 radical (unpaired) electrons. The van der Waals surface area contributed by atoms with Crippen molar-refractivity contribution in [3.05, 3.63) is 51.5 Å². The number of likely N-dealkylation sites (tertiary alicyclic amines) is 1. The number of aryl methyl sites for hydroxylation is 1. The molecule has 0 spiro atoms. The fourth-order valence-corrected chi connectivity index (χ4v) is 5.85. The molecular weight excluding hydrogens is 503 g/mol. The van der Waals surface area contributed by atoms with E-state index in [9.17, 15) is 22.8 Å². The number of thiophene rings is 1. The lowest BCUT2D eigenvalue weighted by Gasteiger charge is -2.38. The summed E-state index contributed by atoms with van der Waals surface area (Å²) in [6.07, 6.45) is -3.30. The summed E-state index contributed by atoms with van der Waals surface area (Å²) in [6, 6.07) is 5.85. The molecule has 0 saturated carbocycles. The average Bonchev–Trinajstić information content (AvgIpc) is 3.29. The smallest absolute Gasteiger partial charge is 0.364 e. The molecule has 7 nitrogen and oxygen atoms in total.